The minimum atomic E-state index is -1.16. The molecular formula is C14H21NSi. The van der Waals surface area contributed by atoms with E-state index in [4.69, 9.17) is 6.42 Å². The molecule has 1 rings (SSSR count). The molecule has 1 nitrogen and oxygen atoms in total. The Balaban J connectivity index is 2.63. The number of nitrogens with one attached hydrogen (secondary N) is 1. The Morgan fingerprint density at radius 3 is 2.25 bits per heavy atom. The second-order valence-corrected chi connectivity index (χ2v) is 10.3. The fraction of sp³-hybridized carbons (Fsp3) is 0.429. The first-order valence-electron chi connectivity index (χ1n) is 5.72. The number of benzene rings is 1. The van der Waals surface area contributed by atoms with Crippen LogP contribution in [0, 0.1) is 12.3 Å². The zero-order valence-electron chi connectivity index (χ0n) is 10.7. The third-order valence-corrected chi connectivity index (χ3v) is 4.75. The van der Waals surface area contributed by atoms with E-state index in [1.807, 2.05) is 6.92 Å². The molecule has 1 atom stereocenters. The van der Waals surface area contributed by atoms with Crippen LogP contribution < -0.4 is 10.5 Å². The molecule has 0 spiro atoms. The molecule has 1 unspecified atom stereocenters. The third kappa shape index (κ3) is 3.84. The van der Waals surface area contributed by atoms with E-state index in [2.05, 4.69) is 55.1 Å². The van der Waals surface area contributed by atoms with Crippen molar-refractivity contribution in [1.82, 2.24) is 5.32 Å². The molecule has 0 fully saturated rings. The van der Waals surface area contributed by atoms with Crippen LogP contribution in [0.3, 0.4) is 0 Å². The zero-order chi connectivity index (χ0) is 12.2. The van der Waals surface area contributed by atoms with Gasteiger partial charge in [-0.3, -0.25) is 5.32 Å². The van der Waals surface area contributed by atoms with Gasteiger partial charge in [-0.2, -0.15) is 0 Å². The molecule has 2 heteroatoms. The third-order valence-electron chi connectivity index (χ3n) is 2.68. The quantitative estimate of drug-likeness (QED) is 0.619. The lowest BCUT2D eigenvalue weighted by atomic mass is 10.2. The summed E-state index contributed by atoms with van der Waals surface area (Å²) in [5.74, 6) is 2.67. The fourth-order valence-corrected chi connectivity index (χ4v) is 2.62. The maximum atomic E-state index is 5.31. The van der Waals surface area contributed by atoms with E-state index in [0.29, 0.717) is 0 Å². The van der Waals surface area contributed by atoms with Crippen molar-refractivity contribution in [3.63, 3.8) is 0 Å². The fourth-order valence-electron chi connectivity index (χ4n) is 1.45. The van der Waals surface area contributed by atoms with Crippen molar-refractivity contribution >= 4 is 13.3 Å². The first kappa shape index (κ1) is 13.0. The summed E-state index contributed by atoms with van der Waals surface area (Å²) in [6.45, 7) is 9.93. The summed E-state index contributed by atoms with van der Waals surface area (Å²) in [5, 5.41) is 4.78. The van der Waals surface area contributed by atoms with E-state index >= 15 is 0 Å². The van der Waals surface area contributed by atoms with Crippen molar-refractivity contribution in [2.75, 3.05) is 0 Å². The highest BCUT2D eigenvalue weighted by Crippen LogP contribution is 2.04. The van der Waals surface area contributed by atoms with Gasteiger partial charge >= 0.3 is 0 Å². The maximum Gasteiger partial charge on any atom is 0.0775 e. The van der Waals surface area contributed by atoms with Gasteiger partial charge in [-0.25, -0.2) is 0 Å². The second kappa shape index (κ2) is 5.34. The van der Waals surface area contributed by atoms with Gasteiger partial charge in [0.1, 0.15) is 0 Å². The Bertz CT molecular complexity index is 367. The van der Waals surface area contributed by atoms with Crippen LogP contribution in [0.2, 0.25) is 19.6 Å². The summed E-state index contributed by atoms with van der Waals surface area (Å²) in [5.41, 5.74) is 1.30. The topological polar surface area (TPSA) is 12.0 Å². The molecule has 0 bridgehead atoms. The van der Waals surface area contributed by atoms with Crippen molar-refractivity contribution in [3.8, 4) is 12.3 Å². The number of terminal acetylenes is 1. The molecule has 0 saturated carbocycles. The lowest BCUT2D eigenvalue weighted by Crippen LogP contribution is -2.37. The van der Waals surface area contributed by atoms with Gasteiger partial charge in [0.2, 0.25) is 0 Å². The van der Waals surface area contributed by atoms with Crippen LogP contribution in [-0.2, 0) is 6.54 Å². The molecule has 1 aromatic carbocycles. The molecule has 86 valence electrons. The maximum absolute atomic E-state index is 5.31. The molecule has 0 aliphatic heterocycles. The highest BCUT2D eigenvalue weighted by molar-refractivity contribution is 6.88. The van der Waals surface area contributed by atoms with Gasteiger partial charge in [-0.1, -0.05) is 55.0 Å². The zero-order valence-corrected chi connectivity index (χ0v) is 11.7. The Kier molecular flexibility index (Phi) is 4.34. The van der Waals surface area contributed by atoms with Crippen molar-refractivity contribution < 1.29 is 0 Å². The molecular weight excluding hydrogens is 210 g/mol. The summed E-state index contributed by atoms with van der Waals surface area (Å²) in [6, 6.07) is 9.04. The van der Waals surface area contributed by atoms with Crippen molar-refractivity contribution in [3.05, 3.63) is 29.8 Å². The van der Waals surface area contributed by atoms with Gasteiger partial charge in [0.15, 0.2) is 0 Å². The Hall–Kier alpha value is -1.04. The minimum Gasteiger partial charge on any atom is -0.300 e. The first-order chi connectivity index (χ1) is 7.43. The predicted molar refractivity (Wildman–Crippen MR) is 74.6 cm³/mol. The van der Waals surface area contributed by atoms with Gasteiger partial charge in [0.25, 0.3) is 0 Å². The molecule has 0 amide bonds. The van der Waals surface area contributed by atoms with Gasteiger partial charge in [0, 0.05) is 6.54 Å². The normalized spacial score (nSPS) is 13.2. The van der Waals surface area contributed by atoms with Crippen LogP contribution in [0.5, 0.6) is 0 Å². The SMILES string of the molecule is C#CC(C)NCc1ccc([Si](C)(C)C)cc1. The van der Waals surface area contributed by atoms with E-state index in [1.54, 1.807) is 0 Å². The summed E-state index contributed by atoms with van der Waals surface area (Å²) >= 11 is 0. The van der Waals surface area contributed by atoms with Crippen molar-refractivity contribution in [2.24, 2.45) is 0 Å². The van der Waals surface area contributed by atoms with Gasteiger partial charge in [-0.15, -0.1) is 6.42 Å². The van der Waals surface area contributed by atoms with E-state index in [-0.39, 0.29) is 6.04 Å². The molecule has 1 aromatic rings. The van der Waals surface area contributed by atoms with E-state index in [9.17, 15) is 0 Å². The standard InChI is InChI=1S/C14H21NSi/c1-6-12(2)15-11-13-7-9-14(10-8-13)16(3,4)5/h1,7-10,12,15H,11H2,2-5H3. The minimum absolute atomic E-state index is 0.136. The number of hydrogen-bond acceptors (Lipinski definition) is 1. The van der Waals surface area contributed by atoms with E-state index in [0.717, 1.165) is 6.54 Å². The summed E-state index contributed by atoms with van der Waals surface area (Å²) in [4.78, 5) is 0. The first-order valence-corrected chi connectivity index (χ1v) is 9.22. The highest BCUT2D eigenvalue weighted by atomic mass is 28.3. The Morgan fingerprint density at radius 1 is 1.25 bits per heavy atom. The van der Waals surface area contributed by atoms with Gasteiger partial charge in [0.05, 0.1) is 14.1 Å². The van der Waals surface area contributed by atoms with E-state index < -0.39 is 8.07 Å². The number of hydrogen-bond donors (Lipinski definition) is 1. The lowest BCUT2D eigenvalue weighted by molar-refractivity contribution is 0.648. The van der Waals surface area contributed by atoms with Crippen LogP contribution in [0.15, 0.2) is 24.3 Å². The summed E-state index contributed by atoms with van der Waals surface area (Å²) in [6.07, 6.45) is 5.31. The molecule has 0 aliphatic rings. The van der Waals surface area contributed by atoms with Crippen LogP contribution in [0.1, 0.15) is 12.5 Å². The Morgan fingerprint density at radius 2 is 1.81 bits per heavy atom. The lowest BCUT2D eigenvalue weighted by Gasteiger charge is -2.17. The van der Waals surface area contributed by atoms with Gasteiger partial charge in [-0.05, 0) is 12.5 Å². The Labute approximate surface area is 100 Å². The number of rotatable bonds is 4. The van der Waals surface area contributed by atoms with Crippen LogP contribution in [0.25, 0.3) is 0 Å². The molecule has 0 aliphatic carbocycles. The summed E-state index contributed by atoms with van der Waals surface area (Å²) < 4.78 is 0. The monoisotopic (exact) mass is 231 g/mol. The van der Waals surface area contributed by atoms with Gasteiger partial charge < -0.3 is 0 Å². The summed E-state index contributed by atoms with van der Waals surface area (Å²) in [7, 11) is -1.16. The van der Waals surface area contributed by atoms with Crippen LogP contribution in [0.4, 0.5) is 0 Å². The van der Waals surface area contributed by atoms with E-state index in [1.165, 1.54) is 10.8 Å². The molecule has 1 N–H and O–H groups in total. The van der Waals surface area contributed by atoms with Crippen molar-refractivity contribution in [2.45, 2.75) is 39.2 Å². The van der Waals surface area contributed by atoms with Crippen molar-refractivity contribution in [1.29, 1.82) is 0 Å². The van der Waals surface area contributed by atoms with Crippen LogP contribution in [-0.4, -0.2) is 14.1 Å². The molecule has 0 heterocycles. The molecule has 0 saturated heterocycles. The second-order valence-electron chi connectivity index (χ2n) is 5.22. The average Bonchev–Trinajstić information content (AvgIpc) is 2.25. The smallest absolute Gasteiger partial charge is 0.0775 e. The van der Waals surface area contributed by atoms with Crippen LogP contribution >= 0.6 is 0 Å². The molecule has 0 radical (unpaired) electrons. The average molecular weight is 231 g/mol. The highest BCUT2D eigenvalue weighted by Gasteiger charge is 2.15. The molecule has 16 heavy (non-hydrogen) atoms. The predicted octanol–water partition coefficient (Wildman–Crippen LogP) is 2.34. The molecule has 0 aromatic heterocycles. The largest absolute Gasteiger partial charge is 0.300 e.